The molecule has 1 unspecified atom stereocenters. The normalized spacial score (nSPS) is 18.1. The molecule has 0 bridgehead atoms. The Morgan fingerprint density at radius 1 is 1.19 bits per heavy atom. The number of hydrogen-bond donors (Lipinski definition) is 1. The van der Waals surface area contributed by atoms with E-state index in [-0.39, 0.29) is 11.8 Å². The van der Waals surface area contributed by atoms with Crippen LogP contribution in [-0.4, -0.2) is 32.5 Å². The number of halogens is 4. The van der Waals surface area contributed by atoms with E-state index in [4.69, 9.17) is 11.6 Å². The van der Waals surface area contributed by atoms with Gasteiger partial charge in [-0.05, 0) is 36.2 Å². The van der Waals surface area contributed by atoms with Crippen LogP contribution >= 0.6 is 11.6 Å². The standard InChI is InChI=1S/C17H17ClF3N3O2S/c18-14-4-1-12(2-5-14)11-27(25,26)23-15-7-8-24(10-15)16-6-3-13(9-22-16)17(19,20)21/h1-6,9,15,23H,7-8,10-11H2. The maximum Gasteiger partial charge on any atom is 0.417 e. The lowest BCUT2D eigenvalue weighted by Crippen LogP contribution is -2.37. The van der Waals surface area contributed by atoms with Gasteiger partial charge in [0.2, 0.25) is 10.0 Å². The molecule has 0 aliphatic carbocycles. The van der Waals surface area contributed by atoms with Gasteiger partial charge in [0, 0.05) is 30.4 Å². The van der Waals surface area contributed by atoms with Gasteiger partial charge in [0.1, 0.15) is 5.82 Å². The van der Waals surface area contributed by atoms with Crippen molar-refractivity contribution < 1.29 is 21.6 Å². The molecule has 5 nitrogen and oxygen atoms in total. The third-order valence-corrected chi connectivity index (χ3v) is 5.86. The monoisotopic (exact) mass is 419 g/mol. The van der Waals surface area contributed by atoms with Crippen molar-refractivity contribution in [3.05, 3.63) is 58.7 Å². The maximum absolute atomic E-state index is 12.6. The molecular weight excluding hydrogens is 403 g/mol. The second-order valence-electron chi connectivity index (χ2n) is 6.34. The summed E-state index contributed by atoms with van der Waals surface area (Å²) < 4.78 is 65.1. The van der Waals surface area contributed by atoms with Gasteiger partial charge in [-0.2, -0.15) is 13.2 Å². The van der Waals surface area contributed by atoms with E-state index in [1.165, 1.54) is 6.07 Å². The molecule has 3 rings (SSSR count). The Labute approximate surface area is 160 Å². The van der Waals surface area contributed by atoms with Crippen LogP contribution in [0.25, 0.3) is 0 Å². The number of aromatic nitrogens is 1. The van der Waals surface area contributed by atoms with Gasteiger partial charge < -0.3 is 4.90 Å². The van der Waals surface area contributed by atoms with Crippen molar-refractivity contribution in [2.75, 3.05) is 18.0 Å². The van der Waals surface area contributed by atoms with E-state index in [2.05, 4.69) is 9.71 Å². The van der Waals surface area contributed by atoms with E-state index >= 15 is 0 Å². The lowest BCUT2D eigenvalue weighted by atomic mass is 10.2. The van der Waals surface area contributed by atoms with Crippen molar-refractivity contribution in [3.63, 3.8) is 0 Å². The quantitative estimate of drug-likeness (QED) is 0.806. The number of sulfonamides is 1. The summed E-state index contributed by atoms with van der Waals surface area (Å²) in [7, 11) is -3.55. The van der Waals surface area contributed by atoms with Crippen molar-refractivity contribution in [3.8, 4) is 0 Å². The van der Waals surface area contributed by atoms with Gasteiger partial charge in [0.05, 0.1) is 11.3 Å². The highest BCUT2D eigenvalue weighted by atomic mass is 35.5. The summed E-state index contributed by atoms with van der Waals surface area (Å²) in [6.07, 6.45) is -3.10. The fraction of sp³-hybridized carbons (Fsp3) is 0.353. The number of nitrogens with zero attached hydrogens (tertiary/aromatic N) is 2. The van der Waals surface area contributed by atoms with Crippen molar-refractivity contribution in [2.24, 2.45) is 0 Å². The van der Waals surface area contributed by atoms with Crippen molar-refractivity contribution in [1.29, 1.82) is 0 Å². The third kappa shape index (κ3) is 5.33. The Balaban J connectivity index is 1.59. The van der Waals surface area contributed by atoms with Crippen LogP contribution in [0.1, 0.15) is 17.5 Å². The average molecular weight is 420 g/mol. The molecule has 146 valence electrons. The second kappa shape index (κ2) is 7.65. The Bertz CT molecular complexity index is 887. The summed E-state index contributed by atoms with van der Waals surface area (Å²) in [6, 6.07) is 8.49. The van der Waals surface area contributed by atoms with E-state index in [1.807, 2.05) is 0 Å². The van der Waals surface area contributed by atoms with Gasteiger partial charge in [-0.1, -0.05) is 23.7 Å². The molecular formula is C17H17ClF3N3O2S. The number of alkyl halides is 3. The zero-order valence-corrected chi connectivity index (χ0v) is 15.7. The summed E-state index contributed by atoms with van der Waals surface area (Å²) in [4.78, 5) is 5.61. The summed E-state index contributed by atoms with van der Waals surface area (Å²) in [5.74, 6) is 0.224. The molecule has 0 saturated carbocycles. The molecule has 0 radical (unpaired) electrons. The summed E-state index contributed by atoms with van der Waals surface area (Å²) >= 11 is 5.79. The minimum absolute atomic E-state index is 0.167. The molecule has 2 aromatic rings. The largest absolute Gasteiger partial charge is 0.417 e. The number of nitrogens with one attached hydrogen (secondary N) is 1. The first-order chi connectivity index (χ1) is 12.6. The van der Waals surface area contributed by atoms with E-state index in [9.17, 15) is 21.6 Å². The summed E-state index contributed by atoms with van der Waals surface area (Å²) in [5.41, 5.74) is -0.197. The van der Waals surface area contributed by atoms with Crippen LogP contribution in [0.4, 0.5) is 19.0 Å². The molecule has 1 saturated heterocycles. The van der Waals surface area contributed by atoms with Crippen LogP contribution in [0, 0.1) is 0 Å². The Morgan fingerprint density at radius 3 is 2.48 bits per heavy atom. The molecule has 1 aromatic heterocycles. The smallest absolute Gasteiger partial charge is 0.355 e. The van der Waals surface area contributed by atoms with Crippen LogP contribution in [0.3, 0.4) is 0 Å². The molecule has 1 fully saturated rings. The molecule has 0 spiro atoms. The number of benzene rings is 1. The lowest BCUT2D eigenvalue weighted by molar-refractivity contribution is -0.137. The van der Waals surface area contributed by atoms with Gasteiger partial charge in [-0.3, -0.25) is 0 Å². The topological polar surface area (TPSA) is 62.3 Å². The highest BCUT2D eigenvalue weighted by Gasteiger charge is 2.32. The first kappa shape index (κ1) is 19.9. The first-order valence-corrected chi connectivity index (χ1v) is 10.2. The van der Waals surface area contributed by atoms with Crippen molar-refractivity contribution in [1.82, 2.24) is 9.71 Å². The molecule has 0 amide bonds. The van der Waals surface area contributed by atoms with Crippen LogP contribution < -0.4 is 9.62 Å². The first-order valence-electron chi connectivity index (χ1n) is 8.15. The average Bonchev–Trinajstić information content (AvgIpc) is 3.04. The van der Waals surface area contributed by atoms with Crippen molar-refractivity contribution in [2.45, 2.75) is 24.4 Å². The summed E-state index contributed by atoms with van der Waals surface area (Å²) in [6.45, 7) is 0.852. The highest BCUT2D eigenvalue weighted by Crippen LogP contribution is 2.30. The van der Waals surface area contributed by atoms with E-state index in [0.717, 1.165) is 12.3 Å². The Hall–Kier alpha value is -1.84. The molecule has 27 heavy (non-hydrogen) atoms. The number of pyridine rings is 1. The SMILES string of the molecule is O=S(=O)(Cc1ccc(Cl)cc1)NC1CCN(c2ccc(C(F)(F)F)cn2)C1. The zero-order valence-electron chi connectivity index (χ0n) is 14.1. The minimum atomic E-state index is -4.43. The van der Waals surface area contributed by atoms with Gasteiger partial charge in [0.25, 0.3) is 0 Å². The van der Waals surface area contributed by atoms with Crippen LogP contribution in [0.2, 0.25) is 5.02 Å². The molecule has 1 aliphatic heterocycles. The van der Waals surface area contributed by atoms with Gasteiger partial charge >= 0.3 is 6.18 Å². The van der Waals surface area contributed by atoms with Crippen LogP contribution in [0.5, 0.6) is 0 Å². The molecule has 1 atom stereocenters. The highest BCUT2D eigenvalue weighted by molar-refractivity contribution is 7.88. The Morgan fingerprint density at radius 2 is 1.89 bits per heavy atom. The number of hydrogen-bond acceptors (Lipinski definition) is 4. The second-order valence-corrected chi connectivity index (χ2v) is 8.53. The maximum atomic E-state index is 12.6. The zero-order chi connectivity index (χ0) is 19.7. The molecule has 2 heterocycles. The van der Waals surface area contributed by atoms with E-state index in [1.54, 1.807) is 29.2 Å². The fourth-order valence-corrected chi connectivity index (χ4v) is 4.44. The predicted molar refractivity (Wildman–Crippen MR) is 97.1 cm³/mol. The fourth-order valence-electron chi connectivity index (χ4n) is 2.90. The molecule has 1 aromatic carbocycles. The summed E-state index contributed by atoms with van der Waals surface area (Å²) in [5, 5.41) is 0.527. The van der Waals surface area contributed by atoms with Crippen LogP contribution in [0.15, 0.2) is 42.6 Å². The van der Waals surface area contributed by atoms with Crippen molar-refractivity contribution >= 4 is 27.4 Å². The Kier molecular flexibility index (Phi) is 5.64. The molecule has 1 aliphatic rings. The molecule has 1 N–H and O–H groups in total. The van der Waals surface area contributed by atoms with E-state index < -0.39 is 21.8 Å². The van der Waals surface area contributed by atoms with Crippen LogP contribution in [-0.2, 0) is 22.0 Å². The minimum Gasteiger partial charge on any atom is -0.355 e. The van der Waals surface area contributed by atoms with E-state index in [0.29, 0.717) is 35.9 Å². The van der Waals surface area contributed by atoms with Gasteiger partial charge in [0.15, 0.2) is 0 Å². The number of rotatable bonds is 5. The third-order valence-electron chi connectivity index (χ3n) is 4.20. The van der Waals surface area contributed by atoms with Gasteiger partial charge in [-0.15, -0.1) is 0 Å². The number of anilines is 1. The molecule has 10 heteroatoms. The predicted octanol–water partition coefficient (Wildman–Crippen LogP) is 3.45. The van der Waals surface area contributed by atoms with Gasteiger partial charge in [-0.25, -0.2) is 18.1 Å². The lowest BCUT2D eigenvalue weighted by Gasteiger charge is -2.18.